The van der Waals surface area contributed by atoms with Gasteiger partial charge in [-0.15, -0.1) is 0 Å². The molecule has 2 aliphatic rings. The predicted molar refractivity (Wildman–Crippen MR) is 78.5 cm³/mol. The number of carboxylic acids is 1. The molecule has 2 nitrogen and oxygen atoms in total. The first-order chi connectivity index (χ1) is 9.17. The zero-order valence-corrected chi connectivity index (χ0v) is 12.0. The van der Waals surface area contributed by atoms with Crippen LogP contribution in [0.4, 0.5) is 0 Å². The lowest BCUT2D eigenvalue weighted by Crippen LogP contribution is -2.11. The van der Waals surface area contributed by atoms with Crippen molar-refractivity contribution in [3.05, 3.63) is 34.9 Å². The number of fused-ring (bicyclic) bond motifs is 1. The molecule has 0 unspecified atom stereocenters. The van der Waals surface area contributed by atoms with Crippen LogP contribution in [-0.4, -0.2) is 16.8 Å². The van der Waals surface area contributed by atoms with E-state index in [4.69, 9.17) is 5.11 Å². The summed E-state index contributed by atoms with van der Waals surface area (Å²) in [5.41, 5.74) is 4.58. The molecule has 0 bridgehead atoms. The van der Waals surface area contributed by atoms with E-state index >= 15 is 0 Å². The van der Waals surface area contributed by atoms with Crippen molar-refractivity contribution in [2.75, 3.05) is 5.75 Å². The van der Waals surface area contributed by atoms with Crippen molar-refractivity contribution < 1.29 is 9.90 Å². The molecular weight excluding hydrogens is 256 g/mol. The van der Waals surface area contributed by atoms with Gasteiger partial charge in [0.25, 0.3) is 0 Å². The second kappa shape index (κ2) is 5.20. The Kier molecular flexibility index (Phi) is 3.57. The first kappa shape index (κ1) is 13.0. The topological polar surface area (TPSA) is 37.3 Å². The minimum atomic E-state index is -0.643. The molecule has 0 aromatic heterocycles. The van der Waals surface area contributed by atoms with E-state index in [0.717, 1.165) is 24.3 Å². The molecule has 0 radical (unpaired) electrons. The number of carboxylic acid groups (broad SMARTS) is 1. The van der Waals surface area contributed by atoms with Crippen LogP contribution < -0.4 is 0 Å². The van der Waals surface area contributed by atoms with Gasteiger partial charge in [0.2, 0.25) is 0 Å². The minimum Gasteiger partial charge on any atom is -0.481 e. The van der Waals surface area contributed by atoms with E-state index in [1.54, 1.807) is 0 Å². The highest BCUT2D eigenvalue weighted by Crippen LogP contribution is 2.51. The first-order valence-electron chi connectivity index (χ1n) is 7.07. The van der Waals surface area contributed by atoms with Gasteiger partial charge in [-0.2, -0.15) is 11.8 Å². The monoisotopic (exact) mass is 276 g/mol. The van der Waals surface area contributed by atoms with Gasteiger partial charge in [-0.25, -0.2) is 0 Å². The average molecular weight is 276 g/mol. The molecule has 1 fully saturated rings. The van der Waals surface area contributed by atoms with E-state index in [0.29, 0.717) is 6.42 Å². The number of hydrogen-bond acceptors (Lipinski definition) is 2. The summed E-state index contributed by atoms with van der Waals surface area (Å²) in [6.45, 7) is 0. The van der Waals surface area contributed by atoms with E-state index in [2.05, 4.69) is 18.2 Å². The second-order valence-corrected chi connectivity index (χ2v) is 7.01. The average Bonchev–Trinajstić information content (AvgIpc) is 2.95. The minimum absolute atomic E-state index is 0.118. The Labute approximate surface area is 118 Å². The van der Waals surface area contributed by atoms with Crippen LogP contribution >= 0.6 is 11.8 Å². The van der Waals surface area contributed by atoms with E-state index in [1.165, 1.54) is 36.0 Å². The van der Waals surface area contributed by atoms with Crippen molar-refractivity contribution >= 4 is 17.7 Å². The number of benzene rings is 1. The first-order valence-corrected chi connectivity index (χ1v) is 8.23. The van der Waals surface area contributed by atoms with Gasteiger partial charge in [0.15, 0.2) is 0 Å². The van der Waals surface area contributed by atoms with Gasteiger partial charge in [0.05, 0.1) is 6.42 Å². The highest BCUT2D eigenvalue weighted by atomic mass is 32.2. The molecular formula is C16H20O2S. The maximum Gasteiger partial charge on any atom is 0.303 e. The Hall–Kier alpha value is -0.960. The third-order valence-electron chi connectivity index (χ3n) is 4.32. The summed E-state index contributed by atoms with van der Waals surface area (Å²) >= 11 is 1.90. The number of hydrogen-bond donors (Lipinski definition) is 1. The van der Waals surface area contributed by atoms with Gasteiger partial charge in [0.1, 0.15) is 0 Å². The molecule has 0 amide bonds. The molecule has 102 valence electrons. The predicted octanol–water partition coefficient (Wildman–Crippen LogP) is 3.66. The molecule has 1 aromatic carbocycles. The molecule has 1 N–H and O–H groups in total. The molecule has 3 rings (SSSR count). The molecule has 0 atom stereocenters. The van der Waals surface area contributed by atoms with Crippen LogP contribution in [0.25, 0.3) is 0 Å². The standard InChI is InChI=1S/C16H20O2S/c17-15(18)9-16(6-7-16)11-19-10-12-4-5-13-2-1-3-14(13)8-12/h4-5,8H,1-3,6-7,9-11H2,(H,17,18). The highest BCUT2D eigenvalue weighted by molar-refractivity contribution is 7.98. The summed E-state index contributed by atoms with van der Waals surface area (Å²) < 4.78 is 0. The normalized spacial score (nSPS) is 19.2. The fourth-order valence-corrected chi connectivity index (χ4v) is 4.31. The summed E-state index contributed by atoms with van der Waals surface area (Å²) in [5.74, 6) is 1.38. The molecule has 1 aromatic rings. The SMILES string of the molecule is O=C(O)CC1(CSCc2ccc3c(c2)CCC3)CC1. The Morgan fingerprint density at radius 3 is 2.79 bits per heavy atom. The lowest BCUT2D eigenvalue weighted by Gasteiger charge is -2.12. The van der Waals surface area contributed by atoms with Crippen molar-refractivity contribution in [3.8, 4) is 0 Å². The quantitative estimate of drug-likeness (QED) is 0.861. The van der Waals surface area contributed by atoms with Gasteiger partial charge in [0, 0.05) is 5.75 Å². The fraction of sp³-hybridized carbons (Fsp3) is 0.562. The number of thioether (sulfide) groups is 1. The van der Waals surface area contributed by atoms with Gasteiger partial charge >= 0.3 is 5.97 Å². The lowest BCUT2D eigenvalue weighted by molar-refractivity contribution is -0.138. The van der Waals surface area contributed by atoms with Gasteiger partial charge in [-0.05, 0) is 60.0 Å². The van der Waals surface area contributed by atoms with Crippen LogP contribution in [0.3, 0.4) is 0 Å². The lowest BCUT2D eigenvalue weighted by atomic mass is 10.1. The number of rotatable bonds is 6. The molecule has 0 heterocycles. The number of carbonyl (C=O) groups is 1. The van der Waals surface area contributed by atoms with Gasteiger partial charge in [-0.1, -0.05) is 18.2 Å². The molecule has 1 saturated carbocycles. The Morgan fingerprint density at radius 1 is 1.26 bits per heavy atom. The van der Waals surface area contributed by atoms with E-state index in [1.807, 2.05) is 11.8 Å². The molecule has 3 heteroatoms. The van der Waals surface area contributed by atoms with E-state index < -0.39 is 5.97 Å². The summed E-state index contributed by atoms with van der Waals surface area (Å²) in [7, 11) is 0. The number of aliphatic carboxylic acids is 1. The molecule has 2 aliphatic carbocycles. The van der Waals surface area contributed by atoms with Crippen molar-refractivity contribution in [2.24, 2.45) is 5.41 Å². The van der Waals surface area contributed by atoms with E-state index in [-0.39, 0.29) is 5.41 Å². The summed E-state index contributed by atoms with van der Waals surface area (Å²) in [6.07, 6.45) is 6.31. The van der Waals surface area contributed by atoms with Gasteiger partial charge in [-0.3, -0.25) is 4.79 Å². The largest absolute Gasteiger partial charge is 0.481 e. The zero-order valence-electron chi connectivity index (χ0n) is 11.2. The molecule has 0 aliphatic heterocycles. The Balaban J connectivity index is 1.51. The number of aryl methyl sites for hydroxylation is 2. The van der Waals surface area contributed by atoms with Crippen LogP contribution in [0.2, 0.25) is 0 Å². The van der Waals surface area contributed by atoms with Gasteiger partial charge < -0.3 is 5.11 Å². The maximum absolute atomic E-state index is 10.8. The van der Waals surface area contributed by atoms with Crippen LogP contribution in [0.1, 0.15) is 42.4 Å². The zero-order chi connectivity index (χ0) is 13.3. The summed E-state index contributed by atoms with van der Waals surface area (Å²) in [6, 6.07) is 6.88. The molecule has 0 spiro atoms. The van der Waals surface area contributed by atoms with Crippen molar-refractivity contribution in [1.82, 2.24) is 0 Å². The van der Waals surface area contributed by atoms with E-state index in [9.17, 15) is 4.79 Å². The Morgan fingerprint density at radius 2 is 2.05 bits per heavy atom. The van der Waals surface area contributed by atoms with Crippen LogP contribution in [0.5, 0.6) is 0 Å². The third-order valence-corrected chi connectivity index (χ3v) is 5.68. The second-order valence-electron chi connectivity index (χ2n) is 6.02. The van der Waals surface area contributed by atoms with Crippen LogP contribution in [-0.2, 0) is 23.4 Å². The Bertz CT molecular complexity index is 492. The highest BCUT2D eigenvalue weighted by Gasteiger charge is 2.43. The fourth-order valence-electron chi connectivity index (χ4n) is 2.97. The van der Waals surface area contributed by atoms with Crippen LogP contribution in [0, 0.1) is 5.41 Å². The van der Waals surface area contributed by atoms with Crippen LogP contribution in [0.15, 0.2) is 18.2 Å². The molecule has 19 heavy (non-hydrogen) atoms. The van der Waals surface area contributed by atoms with Crippen molar-refractivity contribution in [2.45, 2.75) is 44.3 Å². The molecule has 0 saturated heterocycles. The maximum atomic E-state index is 10.8. The third kappa shape index (κ3) is 3.14. The smallest absolute Gasteiger partial charge is 0.303 e. The summed E-state index contributed by atoms with van der Waals surface area (Å²) in [4.78, 5) is 10.8. The van der Waals surface area contributed by atoms with Crippen molar-refractivity contribution in [3.63, 3.8) is 0 Å². The summed E-state index contributed by atoms with van der Waals surface area (Å²) in [5, 5.41) is 8.90. The van der Waals surface area contributed by atoms with Crippen molar-refractivity contribution in [1.29, 1.82) is 0 Å².